The summed E-state index contributed by atoms with van der Waals surface area (Å²) in [7, 11) is 0. The minimum absolute atomic E-state index is 0.793. The summed E-state index contributed by atoms with van der Waals surface area (Å²) >= 11 is 5.95. The van der Waals surface area contributed by atoms with E-state index in [9.17, 15) is 0 Å². The fraction of sp³-hybridized carbons (Fsp3) is 0.250. The van der Waals surface area contributed by atoms with Crippen LogP contribution in [0.1, 0.15) is 5.56 Å². The van der Waals surface area contributed by atoms with E-state index in [0.29, 0.717) is 0 Å². The first kappa shape index (κ1) is 6.80. The van der Waals surface area contributed by atoms with E-state index < -0.39 is 0 Å². The highest BCUT2D eigenvalue weighted by Gasteiger charge is 2.15. The molecule has 1 aliphatic rings. The van der Waals surface area contributed by atoms with Crippen LogP contribution in [-0.4, -0.2) is 6.54 Å². The van der Waals surface area contributed by atoms with Gasteiger partial charge in [-0.3, -0.25) is 0 Å². The Labute approximate surface area is 70.3 Å². The van der Waals surface area contributed by atoms with Crippen molar-refractivity contribution in [1.82, 2.24) is 0 Å². The third-order valence-electron chi connectivity index (χ3n) is 1.96. The molecule has 1 aromatic rings. The second kappa shape index (κ2) is 2.31. The van der Waals surface area contributed by atoms with Crippen LogP contribution in [0, 0.1) is 0 Å². The maximum absolute atomic E-state index is 5.95. The van der Waals surface area contributed by atoms with E-state index in [0.717, 1.165) is 34.9 Å². The summed E-state index contributed by atoms with van der Waals surface area (Å²) in [4.78, 5) is 0. The standard InChI is InChI=1S/C8H9ClN2/c9-6-1-2-7(10)8-5(6)3-4-11-8/h1-2,11H,3-4,10H2. The van der Waals surface area contributed by atoms with Crippen LogP contribution in [-0.2, 0) is 6.42 Å². The zero-order valence-electron chi connectivity index (χ0n) is 6.02. The van der Waals surface area contributed by atoms with E-state index >= 15 is 0 Å². The van der Waals surface area contributed by atoms with Gasteiger partial charge in [0.15, 0.2) is 0 Å². The molecule has 0 fully saturated rings. The Balaban J connectivity index is 2.64. The third kappa shape index (κ3) is 0.942. The summed E-state index contributed by atoms with van der Waals surface area (Å²) in [5.74, 6) is 0. The number of nitrogens with two attached hydrogens (primary N) is 1. The summed E-state index contributed by atoms with van der Waals surface area (Å²) in [6.07, 6.45) is 0.985. The average Bonchev–Trinajstić information content (AvgIpc) is 2.45. The average molecular weight is 169 g/mol. The van der Waals surface area contributed by atoms with Gasteiger partial charge >= 0.3 is 0 Å². The molecule has 3 N–H and O–H groups in total. The molecule has 0 saturated heterocycles. The number of benzene rings is 1. The molecule has 3 heteroatoms. The highest BCUT2D eigenvalue weighted by Crippen LogP contribution is 2.33. The highest BCUT2D eigenvalue weighted by molar-refractivity contribution is 6.32. The lowest BCUT2D eigenvalue weighted by Gasteiger charge is -2.04. The van der Waals surface area contributed by atoms with Gasteiger partial charge in [-0.2, -0.15) is 0 Å². The van der Waals surface area contributed by atoms with E-state index in [1.54, 1.807) is 0 Å². The summed E-state index contributed by atoms with van der Waals surface area (Å²) in [6, 6.07) is 3.68. The zero-order valence-corrected chi connectivity index (χ0v) is 6.78. The first-order chi connectivity index (χ1) is 5.29. The molecule has 0 bridgehead atoms. The van der Waals surface area contributed by atoms with E-state index in [4.69, 9.17) is 17.3 Å². The number of hydrogen-bond acceptors (Lipinski definition) is 2. The quantitative estimate of drug-likeness (QED) is 0.581. The monoisotopic (exact) mass is 168 g/mol. The Bertz CT molecular complexity index is 267. The Morgan fingerprint density at radius 3 is 3.00 bits per heavy atom. The van der Waals surface area contributed by atoms with Crippen LogP contribution in [0.5, 0.6) is 0 Å². The minimum Gasteiger partial charge on any atom is -0.397 e. The van der Waals surface area contributed by atoms with Gasteiger partial charge in [0, 0.05) is 11.6 Å². The lowest BCUT2D eigenvalue weighted by Crippen LogP contribution is -1.95. The van der Waals surface area contributed by atoms with Gasteiger partial charge in [-0.25, -0.2) is 0 Å². The van der Waals surface area contributed by atoms with Crippen molar-refractivity contribution in [2.24, 2.45) is 0 Å². The van der Waals surface area contributed by atoms with E-state index in [1.807, 2.05) is 12.1 Å². The smallest absolute Gasteiger partial charge is 0.0622 e. The molecule has 0 aromatic heterocycles. The SMILES string of the molecule is Nc1ccc(Cl)c2c1NCC2. The van der Waals surface area contributed by atoms with Crippen LogP contribution in [0.25, 0.3) is 0 Å². The number of nitrogen functional groups attached to an aromatic ring is 1. The molecule has 0 radical (unpaired) electrons. The molecule has 11 heavy (non-hydrogen) atoms. The lowest BCUT2D eigenvalue weighted by atomic mass is 10.1. The van der Waals surface area contributed by atoms with E-state index in [-0.39, 0.29) is 0 Å². The molecule has 58 valence electrons. The van der Waals surface area contributed by atoms with Gasteiger partial charge in [-0.1, -0.05) is 11.6 Å². The van der Waals surface area contributed by atoms with Gasteiger partial charge in [0.05, 0.1) is 11.4 Å². The Hall–Kier alpha value is -0.890. The first-order valence-corrected chi connectivity index (χ1v) is 3.97. The number of hydrogen-bond donors (Lipinski definition) is 2. The molecule has 1 aromatic carbocycles. The largest absolute Gasteiger partial charge is 0.397 e. The van der Waals surface area contributed by atoms with Crippen LogP contribution in [0.3, 0.4) is 0 Å². The van der Waals surface area contributed by atoms with Crippen LogP contribution in [0.2, 0.25) is 5.02 Å². The number of rotatable bonds is 0. The molecule has 0 saturated carbocycles. The number of nitrogens with one attached hydrogen (secondary N) is 1. The van der Waals surface area contributed by atoms with Crippen molar-refractivity contribution in [2.75, 3.05) is 17.6 Å². The summed E-state index contributed by atoms with van der Waals surface area (Å²) in [6.45, 7) is 0.948. The van der Waals surface area contributed by atoms with E-state index in [2.05, 4.69) is 5.32 Å². The van der Waals surface area contributed by atoms with Crippen LogP contribution in [0.15, 0.2) is 12.1 Å². The molecule has 2 rings (SSSR count). The normalized spacial score (nSPS) is 14.3. The molecular formula is C8H9ClN2. The van der Waals surface area contributed by atoms with Crippen molar-refractivity contribution in [1.29, 1.82) is 0 Å². The first-order valence-electron chi connectivity index (χ1n) is 3.60. The number of anilines is 2. The maximum atomic E-state index is 5.95. The molecule has 1 heterocycles. The number of fused-ring (bicyclic) bond motifs is 1. The summed E-state index contributed by atoms with van der Waals surface area (Å²) < 4.78 is 0. The molecular weight excluding hydrogens is 160 g/mol. The topological polar surface area (TPSA) is 38.0 Å². The molecule has 0 unspecified atom stereocenters. The molecule has 2 nitrogen and oxygen atoms in total. The van der Waals surface area contributed by atoms with Gasteiger partial charge in [0.1, 0.15) is 0 Å². The van der Waals surface area contributed by atoms with Gasteiger partial charge in [0.25, 0.3) is 0 Å². The Kier molecular flexibility index (Phi) is 1.43. The minimum atomic E-state index is 0.793. The predicted octanol–water partition coefficient (Wildman–Crippen LogP) is 1.89. The van der Waals surface area contributed by atoms with Gasteiger partial charge in [0.2, 0.25) is 0 Å². The molecule has 0 atom stereocenters. The van der Waals surface area contributed by atoms with Crippen molar-refractivity contribution in [2.45, 2.75) is 6.42 Å². The predicted molar refractivity (Wildman–Crippen MR) is 48.1 cm³/mol. The third-order valence-corrected chi connectivity index (χ3v) is 2.32. The molecule has 0 amide bonds. The highest BCUT2D eigenvalue weighted by atomic mass is 35.5. The number of halogens is 1. The Morgan fingerprint density at radius 1 is 1.45 bits per heavy atom. The van der Waals surface area contributed by atoms with Crippen molar-refractivity contribution in [3.8, 4) is 0 Å². The molecule has 1 aliphatic heterocycles. The fourth-order valence-electron chi connectivity index (χ4n) is 1.41. The fourth-order valence-corrected chi connectivity index (χ4v) is 1.66. The lowest BCUT2D eigenvalue weighted by molar-refractivity contribution is 1.11. The Morgan fingerprint density at radius 2 is 2.27 bits per heavy atom. The van der Waals surface area contributed by atoms with Crippen molar-refractivity contribution in [3.63, 3.8) is 0 Å². The zero-order chi connectivity index (χ0) is 7.84. The van der Waals surface area contributed by atoms with Gasteiger partial charge < -0.3 is 11.1 Å². The molecule has 0 aliphatic carbocycles. The summed E-state index contributed by atoms with van der Waals surface area (Å²) in [5.41, 5.74) is 8.70. The van der Waals surface area contributed by atoms with Gasteiger partial charge in [-0.15, -0.1) is 0 Å². The maximum Gasteiger partial charge on any atom is 0.0622 e. The second-order valence-electron chi connectivity index (χ2n) is 2.67. The van der Waals surface area contributed by atoms with E-state index in [1.165, 1.54) is 0 Å². The van der Waals surface area contributed by atoms with Crippen molar-refractivity contribution < 1.29 is 0 Å². The summed E-state index contributed by atoms with van der Waals surface area (Å²) in [5, 5.41) is 4.02. The van der Waals surface area contributed by atoms with Crippen LogP contribution in [0.4, 0.5) is 11.4 Å². The van der Waals surface area contributed by atoms with Crippen molar-refractivity contribution in [3.05, 3.63) is 22.7 Å². The van der Waals surface area contributed by atoms with Crippen LogP contribution >= 0.6 is 11.6 Å². The molecule has 0 spiro atoms. The van der Waals surface area contributed by atoms with Crippen LogP contribution < -0.4 is 11.1 Å². The van der Waals surface area contributed by atoms with Gasteiger partial charge in [-0.05, 0) is 24.1 Å². The van der Waals surface area contributed by atoms with Crippen molar-refractivity contribution >= 4 is 23.0 Å². The second-order valence-corrected chi connectivity index (χ2v) is 3.07.